The van der Waals surface area contributed by atoms with E-state index < -0.39 is 0 Å². The standard InChI is InChI=1S/2C6H15P.2Au.3S/c2*1-4-7(5-2)6-3;;;;;/h2*4-6H2,1-3H3;;;;;/q;;2*+3;3*-2. The molecule has 128 valence electrons. The molecule has 0 aromatic carbocycles. The van der Waals surface area contributed by atoms with E-state index in [4.69, 9.17) is 0 Å². The second-order valence-corrected chi connectivity index (χ2v) is 9.72. The molecule has 0 N–H and O–H groups in total. The summed E-state index contributed by atoms with van der Waals surface area (Å²) in [6.45, 7) is 13.7. The second kappa shape index (κ2) is 37.5. The van der Waals surface area contributed by atoms with Crippen LogP contribution >= 0.6 is 15.8 Å². The van der Waals surface area contributed by atoms with Crippen molar-refractivity contribution in [3.05, 3.63) is 0 Å². The van der Waals surface area contributed by atoms with Crippen LogP contribution in [0, 0.1) is 0 Å². The SMILES string of the molecule is CCP(CC)CC.CCP(CC)CC.[Au+3].[Au+3].[S-2].[S-2].[S-2]. The van der Waals surface area contributed by atoms with Crippen molar-refractivity contribution >= 4 is 56.3 Å². The zero-order valence-corrected chi connectivity index (χ0v) is 21.5. The van der Waals surface area contributed by atoms with Gasteiger partial charge in [0.05, 0.1) is 0 Å². The molecule has 0 aliphatic carbocycles. The summed E-state index contributed by atoms with van der Waals surface area (Å²) in [7, 11) is 0.892. The molecule has 0 heterocycles. The molecular formula is C12H30Au2P2S3. The molecule has 0 bridgehead atoms. The Bertz CT molecular complexity index is 84.0. The van der Waals surface area contributed by atoms with Crippen molar-refractivity contribution in [2.24, 2.45) is 0 Å². The maximum atomic E-state index is 2.29. The van der Waals surface area contributed by atoms with Gasteiger partial charge in [0.2, 0.25) is 0 Å². The minimum Gasteiger partial charge on any atom is -2.00 e. The minimum atomic E-state index is 0. The Morgan fingerprint density at radius 3 is 0.526 bits per heavy atom. The molecular weight excluding hydrogens is 696 g/mol. The van der Waals surface area contributed by atoms with Crippen LogP contribution in [0.4, 0.5) is 0 Å². The van der Waals surface area contributed by atoms with E-state index in [1.54, 1.807) is 0 Å². The summed E-state index contributed by atoms with van der Waals surface area (Å²) in [4.78, 5) is 0. The molecule has 0 aliphatic heterocycles. The van der Waals surface area contributed by atoms with Crippen LogP contribution in [0.5, 0.6) is 0 Å². The first-order valence-corrected chi connectivity index (χ1v) is 9.93. The molecule has 0 saturated carbocycles. The van der Waals surface area contributed by atoms with Gasteiger partial charge in [0.25, 0.3) is 0 Å². The van der Waals surface area contributed by atoms with Crippen molar-refractivity contribution in [1.29, 1.82) is 0 Å². The quantitative estimate of drug-likeness (QED) is 0.266. The van der Waals surface area contributed by atoms with Crippen LogP contribution in [0.2, 0.25) is 0 Å². The van der Waals surface area contributed by atoms with Gasteiger partial charge in [-0.1, -0.05) is 41.5 Å². The fraction of sp³-hybridized carbons (Fsp3) is 1.00. The van der Waals surface area contributed by atoms with Gasteiger partial charge in [0.1, 0.15) is 0 Å². The zero-order chi connectivity index (χ0) is 11.4. The summed E-state index contributed by atoms with van der Waals surface area (Å²) >= 11 is 0. The van der Waals surface area contributed by atoms with E-state index in [1.165, 1.54) is 37.0 Å². The van der Waals surface area contributed by atoms with E-state index in [2.05, 4.69) is 41.5 Å². The molecule has 0 rings (SSSR count). The van der Waals surface area contributed by atoms with Gasteiger partial charge in [-0.05, 0) is 37.0 Å². The van der Waals surface area contributed by atoms with Gasteiger partial charge in [0, 0.05) is 0 Å². The van der Waals surface area contributed by atoms with Crippen molar-refractivity contribution in [1.82, 2.24) is 0 Å². The molecule has 0 atom stereocenters. The van der Waals surface area contributed by atoms with Crippen LogP contribution < -0.4 is 0 Å². The van der Waals surface area contributed by atoms with Crippen molar-refractivity contribution in [2.45, 2.75) is 41.5 Å². The van der Waals surface area contributed by atoms with Gasteiger partial charge in [0.15, 0.2) is 0 Å². The summed E-state index contributed by atoms with van der Waals surface area (Å²) < 4.78 is 0. The van der Waals surface area contributed by atoms with Crippen molar-refractivity contribution in [3.63, 3.8) is 0 Å². The van der Waals surface area contributed by atoms with E-state index >= 15 is 0 Å². The molecule has 7 heteroatoms. The van der Waals surface area contributed by atoms with Crippen LogP contribution in [0.15, 0.2) is 0 Å². The Morgan fingerprint density at radius 2 is 0.526 bits per heavy atom. The molecule has 19 heavy (non-hydrogen) atoms. The Balaban J connectivity index is -0.0000000240. The Morgan fingerprint density at radius 1 is 0.421 bits per heavy atom. The van der Waals surface area contributed by atoms with E-state index in [1.807, 2.05) is 0 Å². The molecule has 0 spiro atoms. The maximum Gasteiger partial charge on any atom is 3.00 e. The van der Waals surface area contributed by atoms with Gasteiger partial charge in [-0.15, -0.1) is 15.8 Å². The number of rotatable bonds is 6. The average molecular weight is 726 g/mol. The second-order valence-electron chi connectivity index (χ2n) is 3.24. The number of hydrogen-bond acceptors (Lipinski definition) is 0. The molecule has 0 fully saturated rings. The third kappa shape index (κ3) is 34.0. The van der Waals surface area contributed by atoms with Gasteiger partial charge >= 0.3 is 44.8 Å². The Kier molecular flexibility index (Phi) is 85.5. The largest absolute Gasteiger partial charge is 3.00 e. The van der Waals surface area contributed by atoms with E-state index in [0.717, 1.165) is 0 Å². The van der Waals surface area contributed by atoms with Gasteiger partial charge < -0.3 is 40.5 Å². The molecule has 0 aromatic heterocycles. The van der Waals surface area contributed by atoms with Gasteiger partial charge in [-0.25, -0.2) is 0 Å². The average Bonchev–Trinajstić information content (AvgIpc) is 2.24. The predicted molar refractivity (Wildman–Crippen MR) is 99.2 cm³/mol. The Hall–Kier alpha value is 3.39. The first-order chi connectivity index (χ1) is 6.69. The zero-order valence-electron chi connectivity index (χ0n) is 13.0. The van der Waals surface area contributed by atoms with E-state index in [0.29, 0.717) is 15.8 Å². The first kappa shape index (κ1) is 43.3. The number of hydrogen-bond donors (Lipinski definition) is 0. The summed E-state index contributed by atoms with van der Waals surface area (Å²) in [6.07, 6.45) is 8.51. The fourth-order valence-electron chi connectivity index (χ4n) is 1.34. The molecule has 0 amide bonds. The third-order valence-electron chi connectivity index (χ3n) is 2.68. The summed E-state index contributed by atoms with van der Waals surface area (Å²) in [5, 5.41) is 0. The summed E-state index contributed by atoms with van der Waals surface area (Å²) in [5.41, 5.74) is 0. The van der Waals surface area contributed by atoms with Crippen LogP contribution in [0.3, 0.4) is 0 Å². The molecule has 0 aliphatic rings. The summed E-state index contributed by atoms with van der Waals surface area (Å²) in [5.74, 6) is 0. The van der Waals surface area contributed by atoms with Crippen LogP contribution in [0.25, 0.3) is 0 Å². The molecule has 0 nitrogen and oxygen atoms in total. The van der Waals surface area contributed by atoms with Crippen LogP contribution in [-0.4, -0.2) is 37.0 Å². The molecule has 0 aromatic rings. The van der Waals surface area contributed by atoms with Crippen LogP contribution in [0.1, 0.15) is 41.5 Å². The summed E-state index contributed by atoms with van der Waals surface area (Å²) in [6, 6.07) is 0. The van der Waals surface area contributed by atoms with Crippen molar-refractivity contribution in [2.75, 3.05) is 37.0 Å². The Labute approximate surface area is 178 Å². The molecule has 0 unspecified atom stereocenters. The third-order valence-corrected chi connectivity index (χ3v) is 8.05. The fourth-order valence-corrected chi connectivity index (χ4v) is 4.02. The van der Waals surface area contributed by atoms with Crippen LogP contribution in [-0.2, 0) is 85.2 Å². The normalized spacial score (nSPS) is 7.58. The maximum absolute atomic E-state index is 2.29. The minimum absolute atomic E-state index is 0. The smallest absolute Gasteiger partial charge is 2.00 e. The van der Waals surface area contributed by atoms with Gasteiger partial charge in [-0.2, -0.15) is 0 Å². The van der Waals surface area contributed by atoms with Gasteiger partial charge in [-0.3, -0.25) is 0 Å². The molecule has 0 saturated heterocycles. The van der Waals surface area contributed by atoms with E-state index in [9.17, 15) is 0 Å². The monoisotopic (exact) mass is 726 g/mol. The first-order valence-electron chi connectivity index (χ1n) is 6.14. The predicted octanol–water partition coefficient (Wildman–Crippen LogP) is 5.04. The van der Waals surface area contributed by atoms with Crippen molar-refractivity contribution < 1.29 is 44.8 Å². The van der Waals surface area contributed by atoms with E-state index in [-0.39, 0.29) is 85.2 Å². The topological polar surface area (TPSA) is 0 Å². The molecule has 0 radical (unpaired) electrons. The van der Waals surface area contributed by atoms with Crippen molar-refractivity contribution in [3.8, 4) is 0 Å².